The van der Waals surface area contributed by atoms with Crippen molar-refractivity contribution in [1.29, 1.82) is 0 Å². The maximum atomic E-state index is 6.67. The highest BCUT2D eigenvalue weighted by atomic mass is 16.5. The molecule has 3 heterocycles. The Labute approximate surface area is 329 Å². The van der Waals surface area contributed by atoms with Crippen LogP contribution in [0, 0.1) is 0 Å². The number of amidine groups is 1. The van der Waals surface area contributed by atoms with Gasteiger partial charge < -0.3 is 14.5 Å². The molecule has 3 aliphatic rings. The van der Waals surface area contributed by atoms with Crippen LogP contribution in [-0.2, 0) is 5.41 Å². The molecule has 5 nitrogen and oxygen atoms in total. The number of furan rings is 1. The first-order valence-electron chi connectivity index (χ1n) is 19.5. The Balaban J connectivity index is 0.992. The van der Waals surface area contributed by atoms with E-state index in [-0.39, 0.29) is 12.3 Å². The van der Waals surface area contributed by atoms with Crippen LogP contribution < -0.4 is 15.4 Å². The van der Waals surface area contributed by atoms with E-state index < -0.39 is 5.41 Å². The van der Waals surface area contributed by atoms with E-state index in [2.05, 4.69) is 187 Å². The second kappa shape index (κ2) is 12.4. The summed E-state index contributed by atoms with van der Waals surface area (Å²) in [4.78, 5) is 5.18. The van der Waals surface area contributed by atoms with Gasteiger partial charge >= 0.3 is 0 Å². The summed E-state index contributed by atoms with van der Waals surface area (Å²) in [5.74, 6) is 2.61. The van der Waals surface area contributed by atoms with Crippen LogP contribution in [0.4, 0.5) is 0 Å². The van der Waals surface area contributed by atoms with E-state index in [4.69, 9.17) is 14.1 Å². The van der Waals surface area contributed by atoms with Crippen LogP contribution in [0.25, 0.3) is 44.2 Å². The van der Waals surface area contributed by atoms with Crippen LogP contribution in [0.1, 0.15) is 51.3 Å². The monoisotopic (exact) mass is 733 g/mol. The molecule has 1 spiro atoms. The second-order valence-corrected chi connectivity index (χ2v) is 15.1. The Hall–Kier alpha value is -7.21. The number of rotatable bonds is 4. The highest BCUT2D eigenvalue weighted by Gasteiger charge is 2.51. The van der Waals surface area contributed by atoms with Gasteiger partial charge in [-0.3, -0.25) is 5.32 Å². The highest BCUT2D eigenvalue weighted by Crippen LogP contribution is 2.62. The van der Waals surface area contributed by atoms with Gasteiger partial charge in [0.1, 0.15) is 40.8 Å². The first-order valence-corrected chi connectivity index (χ1v) is 19.5. The van der Waals surface area contributed by atoms with E-state index in [1.165, 1.54) is 33.4 Å². The van der Waals surface area contributed by atoms with Gasteiger partial charge in [0.15, 0.2) is 0 Å². The Morgan fingerprint density at radius 2 is 1.11 bits per heavy atom. The van der Waals surface area contributed by atoms with Gasteiger partial charge in [0.25, 0.3) is 0 Å². The molecular weight excluding hydrogens is 699 g/mol. The third-order valence-electron chi connectivity index (χ3n) is 12.0. The fourth-order valence-corrected chi connectivity index (χ4v) is 9.57. The van der Waals surface area contributed by atoms with Gasteiger partial charge in [-0.05, 0) is 80.9 Å². The van der Waals surface area contributed by atoms with E-state index in [0.717, 1.165) is 67.1 Å². The molecule has 1 aliphatic carbocycles. The Kier molecular flexibility index (Phi) is 6.98. The summed E-state index contributed by atoms with van der Waals surface area (Å²) in [6.07, 6.45) is -0.327. The molecule has 57 heavy (non-hydrogen) atoms. The van der Waals surface area contributed by atoms with E-state index >= 15 is 0 Å². The normalized spacial score (nSPS) is 17.2. The van der Waals surface area contributed by atoms with Crippen molar-refractivity contribution in [2.75, 3.05) is 0 Å². The van der Waals surface area contributed by atoms with Crippen molar-refractivity contribution in [1.82, 2.24) is 10.6 Å². The molecule has 1 aromatic heterocycles. The van der Waals surface area contributed by atoms with E-state index in [0.29, 0.717) is 0 Å². The molecule has 2 unspecified atom stereocenters. The minimum Gasteiger partial charge on any atom is -0.457 e. The zero-order valence-electron chi connectivity index (χ0n) is 30.8. The van der Waals surface area contributed by atoms with Gasteiger partial charge in [-0.25, -0.2) is 4.99 Å². The smallest absolute Gasteiger partial charge is 0.136 e. The Morgan fingerprint density at radius 1 is 0.474 bits per heavy atom. The van der Waals surface area contributed by atoms with Gasteiger partial charge in [0.2, 0.25) is 0 Å². The van der Waals surface area contributed by atoms with Crippen molar-refractivity contribution < 1.29 is 9.15 Å². The number of hydrogen-bond donors (Lipinski definition) is 2. The molecule has 12 rings (SSSR count). The minimum atomic E-state index is -0.495. The van der Waals surface area contributed by atoms with Gasteiger partial charge in [-0.2, -0.15) is 0 Å². The number of aliphatic imine (C=N–C) groups is 1. The molecule has 0 bridgehead atoms. The number of benzene rings is 8. The van der Waals surface area contributed by atoms with E-state index in [9.17, 15) is 0 Å². The zero-order chi connectivity index (χ0) is 37.5. The molecule has 0 saturated heterocycles. The predicted octanol–water partition coefficient (Wildman–Crippen LogP) is 12.1. The van der Waals surface area contributed by atoms with Crippen molar-refractivity contribution in [3.8, 4) is 33.8 Å². The first-order chi connectivity index (χ1) is 28.2. The lowest BCUT2D eigenvalue weighted by atomic mass is 9.66. The van der Waals surface area contributed by atoms with Gasteiger partial charge in [0, 0.05) is 27.5 Å². The summed E-state index contributed by atoms with van der Waals surface area (Å²) in [6.45, 7) is 0. The van der Waals surface area contributed by atoms with Gasteiger partial charge in [-0.15, -0.1) is 0 Å². The lowest BCUT2D eigenvalue weighted by Gasteiger charge is -2.39. The minimum absolute atomic E-state index is 0.117. The second-order valence-electron chi connectivity index (χ2n) is 15.1. The summed E-state index contributed by atoms with van der Waals surface area (Å²) < 4.78 is 13.2. The third-order valence-corrected chi connectivity index (χ3v) is 12.0. The summed E-state index contributed by atoms with van der Waals surface area (Å²) in [5.41, 5.74) is 14.1. The molecule has 270 valence electrons. The Bertz CT molecular complexity index is 3030. The van der Waals surface area contributed by atoms with Crippen LogP contribution in [0.15, 0.2) is 197 Å². The summed E-state index contributed by atoms with van der Waals surface area (Å²) in [6, 6.07) is 66.6. The largest absolute Gasteiger partial charge is 0.457 e. The summed E-state index contributed by atoms with van der Waals surface area (Å²) in [5, 5.41) is 9.55. The molecule has 2 atom stereocenters. The average Bonchev–Trinajstić information content (AvgIpc) is 3.80. The lowest BCUT2D eigenvalue weighted by Crippen LogP contribution is -2.44. The van der Waals surface area contributed by atoms with Crippen molar-refractivity contribution in [3.05, 3.63) is 227 Å². The van der Waals surface area contributed by atoms with E-state index in [1.807, 2.05) is 12.1 Å². The SMILES string of the molecule is c1ccc(C2N=C(c3ccc4c(c3)oc3cccc(-c5ccc6c(c5)-c5ccccc5C65c6ccccc6Oc6ccccc65)c34)NC(c3ccccc3)N2)cc1. The quantitative estimate of drug-likeness (QED) is 0.189. The van der Waals surface area contributed by atoms with Crippen molar-refractivity contribution in [3.63, 3.8) is 0 Å². The number of nitrogens with one attached hydrogen (secondary N) is 2. The van der Waals surface area contributed by atoms with Crippen molar-refractivity contribution in [2.24, 2.45) is 4.99 Å². The van der Waals surface area contributed by atoms with Crippen LogP contribution in [0.5, 0.6) is 11.5 Å². The number of hydrogen-bond acceptors (Lipinski definition) is 5. The molecule has 9 aromatic rings. The predicted molar refractivity (Wildman–Crippen MR) is 228 cm³/mol. The Morgan fingerprint density at radius 3 is 1.88 bits per heavy atom. The first kappa shape index (κ1) is 32.1. The molecule has 2 N–H and O–H groups in total. The van der Waals surface area contributed by atoms with Crippen LogP contribution in [0.3, 0.4) is 0 Å². The zero-order valence-corrected chi connectivity index (χ0v) is 30.8. The number of para-hydroxylation sites is 2. The fraction of sp³-hybridized carbons (Fsp3) is 0.0577. The number of nitrogens with zero attached hydrogens (tertiary/aromatic N) is 1. The van der Waals surface area contributed by atoms with Crippen molar-refractivity contribution in [2.45, 2.75) is 17.7 Å². The number of fused-ring (bicyclic) bond motifs is 12. The van der Waals surface area contributed by atoms with Crippen LogP contribution in [-0.4, -0.2) is 5.84 Å². The van der Waals surface area contributed by atoms with Crippen LogP contribution >= 0.6 is 0 Å². The van der Waals surface area contributed by atoms with Gasteiger partial charge in [-0.1, -0.05) is 152 Å². The molecule has 0 saturated carbocycles. The highest BCUT2D eigenvalue weighted by molar-refractivity contribution is 6.14. The van der Waals surface area contributed by atoms with Crippen molar-refractivity contribution >= 4 is 27.8 Å². The summed E-state index contributed by atoms with van der Waals surface area (Å²) in [7, 11) is 0. The molecule has 0 radical (unpaired) electrons. The third kappa shape index (κ3) is 4.76. The van der Waals surface area contributed by atoms with E-state index in [1.54, 1.807) is 0 Å². The average molecular weight is 734 g/mol. The maximum absolute atomic E-state index is 6.67. The molecular formula is C52H35N3O2. The molecule has 2 aliphatic heterocycles. The molecule has 0 amide bonds. The van der Waals surface area contributed by atoms with Gasteiger partial charge in [0.05, 0.1) is 5.41 Å². The topological polar surface area (TPSA) is 58.8 Å². The number of ether oxygens (including phenoxy) is 1. The maximum Gasteiger partial charge on any atom is 0.136 e. The summed E-state index contributed by atoms with van der Waals surface area (Å²) >= 11 is 0. The molecule has 0 fully saturated rings. The van der Waals surface area contributed by atoms with Crippen LogP contribution in [0.2, 0.25) is 0 Å². The molecule has 8 aromatic carbocycles. The fourth-order valence-electron chi connectivity index (χ4n) is 9.57. The lowest BCUT2D eigenvalue weighted by molar-refractivity contribution is 0.409. The molecule has 5 heteroatoms. The standard InChI is InChI=1S/C52H35N3O2/c1-3-14-32(15-4-1)49-53-50(33-16-5-2-6-17-33)55-51(54-49)35-26-28-38-47(31-35)57-46-25-13-19-36(48(38)46)34-27-29-41-39(30-34)37-18-7-8-20-40(37)52(41)42-21-9-11-23-44(42)56-45-24-12-10-22-43(45)52/h1-31,49-50,53H,(H,54,55).